The summed E-state index contributed by atoms with van der Waals surface area (Å²) in [5.41, 5.74) is 1.10. The SMILES string of the molecule is Cc1cccc2[nH]c(=O)n(C3CC3)c(=O)c12. The Morgan fingerprint density at radius 3 is 2.75 bits per heavy atom. The first-order valence-electron chi connectivity index (χ1n) is 5.42. The van der Waals surface area contributed by atoms with E-state index in [0.717, 1.165) is 18.4 Å². The van der Waals surface area contributed by atoms with Crippen LogP contribution in [-0.2, 0) is 0 Å². The molecule has 0 aliphatic heterocycles. The van der Waals surface area contributed by atoms with Crippen LogP contribution < -0.4 is 11.2 Å². The van der Waals surface area contributed by atoms with E-state index in [-0.39, 0.29) is 17.3 Å². The summed E-state index contributed by atoms with van der Waals surface area (Å²) in [4.78, 5) is 26.7. The van der Waals surface area contributed by atoms with Gasteiger partial charge in [0.05, 0.1) is 10.9 Å². The number of aryl methyl sites for hydroxylation is 1. The Balaban J connectivity index is 2.50. The fourth-order valence-electron chi connectivity index (χ4n) is 2.11. The summed E-state index contributed by atoms with van der Waals surface area (Å²) in [5.74, 6) is 0. The van der Waals surface area contributed by atoms with Crippen LogP contribution in [0.4, 0.5) is 0 Å². The molecule has 1 saturated carbocycles. The summed E-state index contributed by atoms with van der Waals surface area (Å²) in [6.45, 7) is 1.89. The molecule has 1 fully saturated rings. The van der Waals surface area contributed by atoms with Gasteiger partial charge in [0.15, 0.2) is 0 Å². The number of rotatable bonds is 1. The molecule has 0 amide bonds. The zero-order chi connectivity index (χ0) is 11.3. The monoisotopic (exact) mass is 216 g/mol. The highest BCUT2D eigenvalue weighted by atomic mass is 16.2. The van der Waals surface area contributed by atoms with E-state index in [1.54, 1.807) is 6.07 Å². The minimum absolute atomic E-state index is 0.111. The second kappa shape index (κ2) is 3.07. The summed E-state index contributed by atoms with van der Waals surface area (Å²) in [6.07, 6.45) is 1.86. The molecule has 3 rings (SSSR count). The fourth-order valence-corrected chi connectivity index (χ4v) is 2.11. The predicted octanol–water partition coefficient (Wildman–Crippen LogP) is 1.33. The molecule has 0 atom stereocenters. The Morgan fingerprint density at radius 2 is 2.06 bits per heavy atom. The molecule has 1 heterocycles. The van der Waals surface area contributed by atoms with Crippen LogP contribution in [0.25, 0.3) is 10.9 Å². The van der Waals surface area contributed by atoms with Crippen molar-refractivity contribution in [1.82, 2.24) is 9.55 Å². The van der Waals surface area contributed by atoms with Crippen molar-refractivity contribution in [3.8, 4) is 0 Å². The number of aromatic nitrogens is 2. The number of aromatic amines is 1. The average Bonchev–Trinajstić information content (AvgIpc) is 3.01. The third-order valence-electron chi connectivity index (χ3n) is 3.08. The molecule has 0 unspecified atom stereocenters. The van der Waals surface area contributed by atoms with Crippen LogP contribution in [0, 0.1) is 6.92 Å². The second-order valence-corrected chi connectivity index (χ2v) is 4.33. The Kier molecular flexibility index (Phi) is 1.80. The first kappa shape index (κ1) is 9.39. The molecule has 16 heavy (non-hydrogen) atoms. The predicted molar refractivity (Wildman–Crippen MR) is 61.8 cm³/mol. The van der Waals surface area contributed by atoms with Gasteiger partial charge < -0.3 is 4.98 Å². The number of hydrogen-bond donors (Lipinski definition) is 1. The number of hydrogen-bond acceptors (Lipinski definition) is 2. The van der Waals surface area contributed by atoms with E-state index in [2.05, 4.69) is 4.98 Å². The average molecular weight is 216 g/mol. The largest absolute Gasteiger partial charge is 0.329 e. The second-order valence-electron chi connectivity index (χ2n) is 4.33. The first-order valence-corrected chi connectivity index (χ1v) is 5.42. The third kappa shape index (κ3) is 1.23. The van der Waals surface area contributed by atoms with Crippen LogP contribution in [-0.4, -0.2) is 9.55 Å². The highest BCUT2D eigenvalue weighted by Crippen LogP contribution is 2.32. The van der Waals surface area contributed by atoms with Gasteiger partial charge >= 0.3 is 5.69 Å². The van der Waals surface area contributed by atoms with E-state index in [0.29, 0.717) is 10.9 Å². The van der Waals surface area contributed by atoms with Crippen molar-refractivity contribution in [1.29, 1.82) is 0 Å². The molecule has 0 saturated heterocycles. The molecule has 4 nitrogen and oxygen atoms in total. The van der Waals surface area contributed by atoms with Gasteiger partial charge in [0.2, 0.25) is 0 Å². The van der Waals surface area contributed by atoms with E-state index in [1.807, 2.05) is 19.1 Å². The molecule has 1 aliphatic carbocycles. The minimum Gasteiger partial charge on any atom is -0.307 e. The minimum atomic E-state index is -0.286. The highest BCUT2D eigenvalue weighted by molar-refractivity contribution is 5.80. The standard InChI is InChI=1S/C12H12N2O2/c1-7-3-2-4-9-10(7)11(15)14(8-5-6-8)12(16)13-9/h2-4,8H,5-6H2,1H3,(H,13,16). The van der Waals surface area contributed by atoms with Crippen molar-refractivity contribution in [2.24, 2.45) is 0 Å². The number of fused-ring (bicyclic) bond motifs is 1. The molecule has 2 aromatic rings. The van der Waals surface area contributed by atoms with Crippen LogP contribution in [0.3, 0.4) is 0 Å². The zero-order valence-corrected chi connectivity index (χ0v) is 8.99. The van der Waals surface area contributed by atoms with Crippen LogP contribution in [0.2, 0.25) is 0 Å². The van der Waals surface area contributed by atoms with Gasteiger partial charge in [-0.15, -0.1) is 0 Å². The highest BCUT2D eigenvalue weighted by Gasteiger charge is 2.27. The van der Waals surface area contributed by atoms with Crippen molar-refractivity contribution in [3.05, 3.63) is 44.6 Å². The lowest BCUT2D eigenvalue weighted by atomic mass is 10.1. The number of benzene rings is 1. The number of nitrogens with one attached hydrogen (secondary N) is 1. The van der Waals surface area contributed by atoms with Gasteiger partial charge in [-0.3, -0.25) is 9.36 Å². The lowest BCUT2D eigenvalue weighted by Gasteiger charge is -2.05. The lowest BCUT2D eigenvalue weighted by molar-refractivity contribution is 0.665. The molecule has 82 valence electrons. The van der Waals surface area contributed by atoms with Gasteiger partial charge in [0, 0.05) is 6.04 Å². The normalized spacial score (nSPS) is 15.6. The summed E-state index contributed by atoms with van der Waals surface area (Å²) in [7, 11) is 0. The van der Waals surface area contributed by atoms with Crippen molar-refractivity contribution in [2.75, 3.05) is 0 Å². The quantitative estimate of drug-likeness (QED) is 0.781. The molecule has 0 radical (unpaired) electrons. The maximum atomic E-state index is 12.2. The summed E-state index contributed by atoms with van der Waals surface area (Å²) < 4.78 is 1.36. The van der Waals surface area contributed by atoms with E-state index >= 15 is 0 Å². The molecule has 4 heteroatoms. The van der Waals surface area contributed by atoms with Crippen molar-refractivity contribution >= 4 is 10.9 Å². The number of nitrogens with zero attached hydrogens (tertiary/aromatic N) is 1. The van der Waals surface area contributed by atoms with Gasteiger partial charge in [-0.2, -0.15) is 0 Å². The molecule has 0 spiro atoms. The first-order chi connectivity index (χ1) is 7.68. The van der Waals surface area contributed by atoms with Crippen molar-refractivity contribution < 1.29 is 0 Å². The molecule has 1 N–H and O–H groups in total. The van der Waals surface area contributed by atoms with Crippen LogP contribution in [0.5, 0.6) is 0 Å². The van der Waals surface area contributed by atoms with Crippen LogP contribution in [0.15, 0.2) is 27.8 Å². The lowest BCUT2D eigenvalue weighted by Crippen LogP contribution is -2.34. The Morgan fingerprint density at radius 1 is 1.31 bits per heavy atom. The van der Waals surface area contributed by atoms with Gasteiger partial charge in [0.25, 0.3) is 5.56 Å². The number of H-pyrrole nitrogens is 1. The Labute approximate surface area is 91.5 Å². The van der Waals surface area contributed by atoms with E-state index in [1.165, 1.54) is 4.57 Å². The Hall–Kier alpha value is -1.84. The van der Waals surface area contributed by atoms with Gasteiger partial charge in [0.1, 0.15) is 0 Å². The summed E-state index contributed by atoms with van der Waals surface area (Å²) >= 11 is 0. The molecule has 1 aromatic heterocycles. The topological polar surface area (TPSA) is 54.9 Å². The molecule has 1 aliphatic rings. The maximum absolute atomic E-state index is 12.2. The summed E-state index contributed by atoms with van der Waals surface area (Å²) in [6, 6.07) is 5.61. The molecule has 1 aromatic carbocycles. The molecular weight excluding hydrogens is 204 g/mol. The van der Waals surface area contributed by atoms with E-state index < -0.39 is 0 Å². The van der Waals surface area contributed by atoms with E-state index in [9.17, 15) is 9.59 Å². The molecule has 0 bridgehead atoms. The van der Waals surface area contributed by atoms with Crippen LogP contribution in [0.1, 0.15) is 24.4 Å². The zero-order valence-electron chi connectivity index (χ0n) is 8.99. The fraction of sp³-hybridized carbons (Fsp3) is 0.333. The van der Waals surface area contributed by atoms with Crippen molar-refractivity contribution in [2.45, 2.75) is 25.8 Å². The molecular formula is C12H12N2O2. The van der Waals surface area contributed by atoms with Gasteiger partial charge in [-0.05, 0) is 31.4 Å². The third-order valence-corrected chi connectivity index (χ3v) is 3.08. The maximum Gasteiger partial charge on any atom is 0.329 e. The van der Waals surface area contributed by atoms with E-state index in [4.69, 9.17) is 0 Å². The van der Waals surface area contributed by atoms with Crippen molar-refractivity contribution in [3.63, 3.8) is 0 Å². The van der Waals surface area contributed by atoms with Gasteiger partial charge in [-0.25, -0.2) is 4.79 Å². The van der Waals surface area contributed by atoms with Gasteiger partial charge in [-0.1, -0.05) is 12.1 Å². The summed E-state index contributed by atoms with van der Waals surface area (Å²) in [5, 5.41) is 0.633. The smallest absolute Gasteiger partial charge is 0.307 e. The van der Waals surface area contributed by atoms with Crippen LogP contribution >= 0.6 is 0 Å². The Bertz CT molecular complexity index is 677.